The van der Waals surface area contributed by atoms with Crippen LogP contribution in [0, 0.1) is 6.92 Å². The van der Waals surface area contributed by atoms with Crippen molar-refractivity contribution in [2.75, 3.05) is 0 Å². The number of rotatable bonds is 2. The molecule has 0 aliphatic heterocycles. The number of hydrogen-bond acceptors (Lipinski definition) is 2. The van der Waals surface area contributed by atoms with Crippen LogP contribution in [0.4, 0.5) is 0 Å². The highest BCUT2D eigenvalue weighted by Crippen LogP contribution is 2.24. The van der Waals surface area contributed by atoms with Crippen molar-refractivity contribution in [1.82, 2.24) is 9.78 Å². The lowest BCUT2D eigenvalue weighted by molar-refractivity contribution is 0.0697. The summed E-state index contributed by atoms with van der Waals surface area (Å²) >= 11 is 11.9. The van der Waals surface area contributed by atoms with Gasteiger partial charge in [-0.05, 0) is 25.1 Å². The van der Waals surface area contributed by atoms with Gasteiger partial charge in [-0.2, -0.15) is 5.10 Å². The molecule has 0 unspecified atom stereocenters. The Balaban J connectivity index is 2.50. The summed E-state index contributed by atoms with van der Waals surface area (Å²) in [5.74, 6) is -1.02. The molecule has 2 aromatic rings. The Hall–Kier alpha value is -1.52. The van der Waals surface area contributed by atoms with Crippen LogP contribution in [0.2, 0.25) is 10.0 Å². The van der Waals surface area contributed by atoms with Crippen LogP contribution >= 0.6 is 23.2 Å². The van der Waals surface area contributed by atoms with Gasteiger partial charge in [0.2, 0.25) is 0 Å². The third-order valence-corrected chi connectivity index (χ3v) is 2.95. The molecule has 0 bridgehead atoms. The van der Waals surface area contributed by atoms with Gasteiger partial charge in [0.05, 0.1) is 27.0 Å². The molecule has 0 atom stereocenters. The fourth-order valence-electron chi connectivity index (χ4n) is 1.39. The van der Waals surface area contributed by atoms with Crippen molar-refractivity contribution in [2.24, 2.45) is 0 Å². The maximum Gasteiger partial charge on any atom is 0.335 e. The van der Waals surface area contributed by atoms with Crippen molar-refractivity contribution < 1.29 is 9.90 Å². The van der Waals surface area contributed by atoms with Gasteiger partial charge in [-0.3, -0.25) is 0 Å². The second-order valence-electron chi connectivity index (χ2n) is 3.48. The number of aromatic nitrogens is 2. The van der Waals surface area contributed by atoms with Crippen LogP contribution < -0.4 is 0 Å². The van der Waals surface area contributed by atoms with Crippen molar-refractivity contribution in [3.8, 4) is 5.69 Å². The van der Waals surface area contributed by atoms with Crippen LogP contribution in [-0.2, 0) is 0 Å². The fourth-order valence-corrected chi connectivity index (χ4v) is 1.79. The van der Waals surface area contributed by atoms with E-state index in [9.17, 15) is 4.79 Å². The Morgan fingerprint density at radius 2 is 2.06 bits per heavy atom. The summed E-state index contributed by atoms with van der Waals surface area (Å²) in [5.41, 5.74) is 1.41. The van der Waals surface area contributed by atoms with Crippen molar-refractivity contribution in [3.05, 3.63) is 45.7 Å². The number of benzene rings is 1. The predicted octanol–water partition coefficient (Wildman–Crippen LogP) is 3.19. The monoisotopic (exact) mass is 270 g/mol. The number of aromatic carboxylic acids is 1. The summed E-state index contributed by atoms with van der Waals surface area (Å²) in [4.78, 5) is 10.8. The van der Waals surface area contributed by atoms with Gasteiger partial charge in [0, 0.05) is 6.20 Å². The third-order valence-electron chi connectivity index (χ3n) is 2.28. The van der Waals surface area contributed by atoms with E-state index in [4.69, 9.17) is 28.3 Å². The zero-order valence-electron chi connectivity index (χ0n) is 8.82. The first-order chi connectivity index (χ1) is 7.99. The molecule has 6 heteroatoms. The van der Waals surface area contributed by atoms with Gasteiger partial charge in [0.15, 0.2) is 0 Å². The van der Waals surface area contributed by atoms with E-state index in [1.54, 1.807) is 19.2 Å². The summed E-state index contributed by atoms with van der Waals surface area (Å²) in [6.45, 7) is 1.78. The largest absolute Gasteiger partial charge is 0.478 e. The highest BCUT2D eigenvalue weighted by molar-refractivity contribution is 6.33. The van der Waals surface area contributed by atoms with E-state index in [2.05, 4.69) is 5.10 Å². The smallest absolute Gasteiger partial charge is 0.335 e. The molecule has 0 radical (unpaired) electrons. The number of nitrogens with zero attached hydrogens (tertiary/aromatic N) is 2. The lowest BCUT2D eigenvalue weighted by Gasteiger charge is -2.04. The average Bonchev–Trinajstić information content (AvgIpc) is 2.58. The first-order valence-corrected chi connectivity index (χ1v) is 5.49. The molecule has 1 aromatic carbocycles. The van der Waals surface area contributed by atoms with E-state index in [0.29, 0.717) is 21.4 Å². The first kappa shape index (κ1) is 12.0. The Kier molecular flexibility index (Phi) is 3.09. The lowest BCUT2D eigenvalue weighted by Crippen LogP contribution is -2.00. The molecule has 2 rings (SSSR count). The van der Waals surface area contributed by atoms with Crippen LogP contribution in [-0.4, -0.2) is 20.9 Å². The quantitative estimate of drug-likeness (QED) is 0.912. The first-order valence-electron chi connectivity index (χ1n) is 4.74. The Labute approximate surface area is 107 Å². The average molecular weight is 271 g/mol. The van der Waals surface area contributed by atoms with E-state index in [1.807, 2.05) is 0 Å². The number of carboxylic acids is 1. The van der Waals surface area contributed by atoms with Crippen molar-refractivity contribution in [3.63, 3.8) is 0 Å². The van der Waals surface area contributed by atoms with Crippen molar-refractivity contribution >= 4 is 29.2 Å². The zero-order valence-corrected chi connectivity index (χ0v) is 10.3. The number of aryl methyl sites for hydroxylation is 1. The standard InChI is InChI=1S/C11H8Cl2N2O2/c1-6-9(13)5-15(14-6)10-3-2-7(11(16)17)4-8(10)12/h2-5H,1H3,(H,16,17). The SMILES string of the molecule is Cc1nn(-c2ccc(C(=O)O)cc2Cl)cc1Cl. The van der Waals surface area contributed by atoms with Crippen LogP contribution in [0.25, 0.3) is 5.69 Å². The second-order valence-corrected chi connectivity index (χ2v) is 4.29. The van der Waals surface area contributed by atoms with E-state index < -0.39 is 5.97 Å². The zero-order chi connectivity index (χ0) is 12.6. The van der Waals surface area contributed by atoms with Crippen molar-refractivity contribution in [1.29, 1.82) is 0 Å². The van der Waals surface area contributed by atoms with E-state index in [-0.39, 0.29) is 5.56 Å². The molecule has 0 amide bonds. The van der Waals surface area contributed by atoms with Gasteiger partial charge in [-0.1, -0.05) is 23.2 Å². The Morgan fingerprint density at radius 3 is 2.53 bits per heavy atom. The predicted molar refractivity (Wildman–Crippen MR) is 65.3 cm³/mol. The molecule has 0 saturated carbocycles. The topological polar surface area (TPSA) is 55.1 Å². The number of hydrogen-bond donors (Lipinski definition) is 1. The van der Waals surface area contributed by atoms with Gasteiger partial charge in [0.1, 0.15) is 0 Å². The summed E-state index contributed by atoms with van der Waals surface area (Å²) < 4.78 is 1.52. The fraction of sp³-hybridized carbons (Fsp3) is 0.0909. The minimum absolute atomic E-state index is 0.133. The molecule has 88 valence electrons. The summed E-state index contributed by atoms with van der Waals surface area (Å²) in [6.07, 6.45) is 1.62. The maximum absolute atomic E-state index is 10.8. The number of halogens is 2. The van der Waals surface area contributed by atoms with Gasteiger partial charge >= 0.3 is 5.97 Å². The van der Waals surface area contributed by atoms with E-state index >= 15 is 0 Å². The van der Waals surface area contributed by atoms with E-state index in [0.717, 1.165) is 0 Å². The number of carbonyl (C=O) groups is 1. The number of carboxylic acid groups (broad SMARTS) is 1. The molecule has 1 heterocycles. The molecule has 0 saturated heterocycles. The third kappa shape index (κ3) is 2.28. The summed E-state index contributed by atoms with van der Waals surface area (Å²) in [7, 11) is 0. The molecule has 0 fully saturated rings. The van der Waals surface area contributed by atoms with Gasteiger partial charge in [0.25, 0.3) is 0 Å². The van der Waals surface area contributed by atoms with Gasteiger partial charge in [-0.15, -0.1) is 0 Å². The molecule has 1 N–H and O–H groups in total. The van der Waals surface area contributed by atoms with E-state index in [1.165, 1.54) is 16.8 Å². The van der Waals surface area contributed by atoms with Crippen LogP contribution in [0.1, 0.15) is 16.1 Å². The Bertz CT molecular complexity index is 574. The summed E-state index contributed by atoms with van der Waals surface area (Å²) in [5, 5.41) is 13.8. The highest BCUT2D eigenvalue weighted by Gasteiger charge is 2.10. The van der Waals surface area contributed by atoms with Crippen LogP contribution in [0.15, 0.2) is 24.4 Å². The van der Waals surface area contributed by atoms with Crippen LogP contribution in [0.5, 0.6) is 0 Å². The molecule has 17 heavy (non-hydrogen) atoms. The molecule has 0 aliphatic rings. The van der Waals surface area contributed by atoms with Crippen molar-refractivity contribution in [2.45, 2.75) is 6.92 Å². The second kappa shape index (κ2) is 4.39. The molecule has 4 nitrogen and oxygen atoms in total. The molecule has 0 spiro atoms. The molecule has 1 aromatic heterocycles. The molecule has 0 aliphatic carbocycles. The maximum atomic E-state index is 10.8. The summed E-state index contributed by atoms with van der Waals surface area (Å²) in [6, 6.07) is 4.44. The minimum atomic E-state index is -1.02. The lowest BCUT2D eigenvalue weighted by atomic mass is 10.2. The molecular weight excluding hydrogens is 263 g/mol. The van der Waals surface area contributed by atoms with Crippen LogP contribution in [0.3, 0.4) is 0 Å². The minimum Gasteiger partial charge on any atom is -0.478 e. The van der Waals surface area contributed by atoms with Gasteiger partial charge < -0.3 is 5.11 Å². The Morgan fingerprint density at radius 1 is 1.35 bits per heavy atom. The normalized spacial score (nSPS) is 10.5. The molecular formula is C11H8Cl2N2O2. The highest BCUT2D eigenvalue weighted by atomic mass is 35.5. The van der Waals surface area contributed by atoms with Gasteiger partial charge in [-0.25, -0.2) is 9.48 Å².